The molecular weight excluding hydrogens is 476 g/mol. The van der Waals surface area contributed by atoms with Gasteiger partial charge >= 0.3 is 0 Å². The van der Waals surface area contributed by atoms with E-state index < -0.39 is 11.0 Å². The lowest BCUT2D eigenvalue weighted by Gasteiger charge is -2.52. The lowest BCUT2D eigenvalue weighted by atomic mass is 9.56. The third kappa shape index (κ3) is 2.61. The number of carbonyl (C=O) groups is 1. The number of piperidine rings is 1. The van der Waals surface area contributed by atoms with Crippen LogP contribution in [-0.4, -0.2) is 63.4 Å². The number of hydrogen-bond donors (Lipinski definition) is 0. The molecule has 3 aromatic carbocycles. The zero-order chi connectivity index (χ0) is 24.8. The number of nitrogens with zero attached hydrogens (tertiary/aromatic N) is 4. The summed E-state index contributed by atoms with van der Waals surface area (Å²) in [6.07, 6.45) is 0.563. The van der Waals surface area contributed by atoms with E-state index in [0.29, 0.717) is 18.7 Å². The molecule has 0 radical (unpaired) electrons. The molecule has 4 heterocycles. The fourth-order valence-electron chi connectivity index (χ4n) is 8.07. The van der Waals surface area contributed by atoms with Gasteiger partial charge in [0.15, 0.2) is 0 Å². The minimum atomic E-state index is -0.661. The highest BCUT2D eigenvalue weighted by atomic mass is 32.2. The number of fused-ring (bicyclic) bond motifs is 9. The molecule has 5 nitrogen and oxygen atoms in total. The maximum Gasteiger partial charge on any atom is 0.144 e. The van der Waals surface area contributed by atoms with Gasteiger partial charge in [-0.25, -0.2) is 9.97 Å². The summed E-state index contributed by atoms with van der Waals surface area (Å²) in [6.45, 7) is 1.51. The largest absolute Gasteiger partial charge is 0.305 e. The lowest BCUT2D eigenvalue weighted by Crippen LogP contribution is -2.62. The molecule has 4 atom stereocenters. The van der Waals surface area contributed by atoms with Crippen LogP contribution in [0.25, 0.3) is 22.3 Å². The Morgan fingerprint density at radius 1 is 0.919 bits per heavy atom. The lowest BCUT2D eigenvalue weighted by molar-refractivity contribution is -0.140. The molecule has 4 aliphatic rings. The first-order valence-electron chi connectivity index (χ1n) is 13.1. The maximum absolute atomic E-state index is 14.7. The van der Waals surface area contributed by atoms with Crippen LogP contribution in [0.15, 0.2) is 78.9 Å². The number of benzene rings is 3. The van der Waals surface area contributed by atoms with E-state index in [2.05, 4.69) is 77.5 Å². The summed E-state index contributed by atoms with van der Waals surface area (Å²) in [4.78, 5) is 30.4. The van der Waals surface area contributed by atoms with Crippen LogP contribution < -0.4 is 0 Å². The van der Waals surface area contributed by atoms with E-state index in [9.17, 15) is 4.79 Å². The third-order valence-electron chi connectivity index (χ3n) is 9.29. The van der Waals surface area contributed by atoms with Gasteiger partial charge in [0.25, 0.3) is 0 Å². The molecular formula is C31H28N4OS. The van der Waals surface area contributed by atoms with E-state index in [1.165, 1.54) is 11.1 Å². The highest BCUT2D eigenvalue weighted by Gasteiger charge is 2.76. The van der Waals surface area contributed by atoms with Gasteiger partial charge in [-0.15, -0.1) is 11.8 Å². The Bertz CT molecular complexity index is 1570. The number of para-hydroxylation sites is 2. The number of carbonyl (C=O) groups excluding carboxylic acids is 1. The van der Waals surface area contributed by atoms with Crippen molar-refractivity contribution in [3.8, 4) is 11.3 Å². The Morgan fingerprint density at radius 3 is 2.49 bits per heavy atom. The Kier molecular flexibility index (Phi) is 4.59. The van der Waals surface area contributed by atoms with Crippen molar-refractivity contribution in [3.05, 3.63) is 95.7 Å². The molecule has 0 amide bonds. The third-order valence-corrected chi connectivity index (χ3v) is 10.3. The Morgan fingerprint density at radius 2 is 1.65 bits per heavy atom. The van der Waals surface area contributed by atoms with Gasteiger partial charge in [0.1, 0.15) is 11.3 Å². The minimum Gasteiger partial charge on any atom is -0.305 e. The van der Waals surface area contributed by atoms with E-state index in [1.807, 2.05) is 30.0 Å². The van der Waals surface area contributed by atoms with E-state index >= 15 is 0 Å². The molecule has 184 valence electrons. The minimum absolute atomic E-state index is 0.0752. The zero-order valence-corrected chi connectivity index (χ0v) is 21.6. The molecule has 0 saturated carbocycles. The summed E-state index contributed by atoms with van der Waals surface area (Å²) in [5.41, 5.74) is 5.99. The first kappa shape index (κ1) is 22.0. The summed E-state index contributed by atoms with van der Waals surface area (Å²) in [7, 11) is 2.18. The van der Waals surface area contributed by atoms with Gasteiger partial charge in [-0.1, -0.05) is 66.7 Å². The topological polar surface area (TPSA) is 49.3 Å². The Balaban J connectivity index is 1.54. The molecule has 2 spiro atoms. The second-order valence-electron chi connectivity index (χ2n) is 11.0. The standard InChI is InChI=1S/C31H28N4OS/c1-34-16-15-26(36)30(18-34)27(20-9-3-2-4-10-20)25-17-37-19-35(25)31(30)22-12-6-5-11-21(22)28-29(31)33-24-14-8-7-13-23(24)32-28/h2-14,25,27H,15-19H2,1H3/t25-,27-,30+,31-/m0/s1. The summed E-state index contributed by atoms with van der Waals surface area (Å²) < 4.78 is 0. The van der Waals surface area contributed by atoms with Gasteiger partial charge in [-0.3, -0.25) is 9.69 Å². The van der Waals surface area contributed by atoms with Gasteiger partial charge in [0.05, 0.1) is 27.8 Å². The smallest absolute Gasteiger partial charge is 0.144 e. The van der Waals surface area contributed by atoms with Crippen LogP contribution in [0.1, 0.15) is 29.2 Å². The normalized spacial score (nSPS) is 30.8. The van der Waals surface area contributed by atoms with Gasteiger partial charge in [-0.05, 0) is 30.3 Å². The first-order valence-corrected chi connectivity index (χ1v) is 14.3. The highest BCUT2D eigenvalue weighted by Crippen LogP contribution is 2.71. The molecule has 0 N–H and O–H groups in total. The van der Waals surface area contributed by atoms with Crippen molar-refractivity contribution in [3.63, 3.8) is 0 Å². The fourth-order valence-corrected chi connectivity index (χ4v) is 9.37. The van der Waals surface area contributed by atoms with Crippen LogP contribution >= 0.6 is 11.8 Å². The number of aromatic nitrogens is 2. The molecule has 0 bridgehead atoms. The van der Waals surface area contributed by atoms with Crippen molar-refractivity contribution < 1.29 is 4.79 Å². The summed E-state index contributed by atoms with van der Waals surface area (Å²) in [5, 5.41) is 0. The Hall–Kier alpha value is -3.06. The molecule has 37 heavy (non-hydrogen) atoms. The molecule has 1 aromatic heterocycles. The fraction of sp³-hybridized carbons (Fsp3) is 0.323. The van der Waals surface area contributed by atoms with Crippen molar-refractivity contribution in [2.45, 2.75) is 23.9 Å². The van der Waals surface area contributed by atoms with Gasteiger partial charge in [0.2, 0.25) is 0 Å². The SMILES string of the molecule is CN1CCC(=O)[C@]2(C1)[C@@H](c1ccccc1)[C@@H]1CSCN1[C@]21c2ccccc2-c2nc3ccccc3nc21. The van der Waals surface area contributed by atoms with Crippen molar-refractivity contribution in [1.29, 1.82) is 0 Å². The van der Waals surface area contributed by atoms with E-state index in [-0.39, 0.29) is 12.0 Å². The van der Waals surface area contributed by atoms with Crippen molar-refractivity contribution >= 4 is 28.6 Å². The predicted octanol–water partition coefficient (Wildman–Crippen LogP) is 4.92. The van der Waals surface area contributed by atoms with Gasteiger partial charge in [0, 0.05) is 48.7 Å². The molecule has 3 aliphatic heterocycles. The monoisotopic (exact) mass is 504 g/mol. The van der Waals surface area contributed by atoms with Crippen molar-refractivity contribution in [1.82, 2.24) is 19.8 Å². The van der Waals surface area contributed by atoms with Crippen molar-refractivity contribution in [2.75, 3.05) is 31.8 Å². The average molecular weight is 505 g/mol. The molecule has 4 aromatic rings. The van der Waals surface area contributed by atoms with Gasteiger partial charge in [-0.2, -0.15) is 0 Å². The van der Waals surface area contributed by atoms with Crippen LogP contribution in [0.2, 0.25) is 0 Å². The number of ketones is 1. The predicted molar refractivity (Wildman–Crippen MR) is 147 cm³/mol. The van der Waals surface area contributed by atoms with Crippen LogP contribution in [-0.2, 0) is 10.3 Å². The van der Waals surface area contributed by atoms with E-state index in [4.69, 9.17) is 9.97 Å². The second-order valence-corrected chi connectivity index (χ2v) is 12.0. The molecule has 3 saturated heterocycles. The zero-order valence-electron chi connectivity index (χ0n) is 20.8. The quantitative estimate of drug-likeness (QED) is 0.367. The summed E-state index contributed by atoms with van der Waals surface area (Å²) in [5.74, 6) is 2.34. The number of Topliss-reactive ketones (excluding diaryl/α,β-unsaturated/α-hetero) is 1. The summed E-state index contributed by atoms with van der Waals surface area (Å²) in [6, 6.07) is 27.9. The first-order chi connectivity index (χ1) is 18.2. The molecule has 0 unspecified atom stereocenters. The molecule has 3 fully saturated rings. The Labute approximate surface area is 220 Å². The van der Waals surface area contributed by atoms with Gasteiger partial charge < -0.3 is 4.90 Å². The average Bonchev–Trinajstić information content (AvgIpc) is 3.57. The second kappa shape index (κ2) is 7.73. The van der Waals surface area contributed by atoms with Crippen LogP contribution in [0, 0.1) is 5.41 Å². The molecule has 6 heteroatoms. The molecule has 1 aliphatic carbocycles. The number of thioether (sulfide) groups is 1. The number of rotatable bonds is 1. The van der Waals surface area contributed by atoms with E-state index in [1.54, 1.807) is 0 Å². The van der Waals surface area contributed by atoms with Crippen LogP contribution in [0.4, 0.5) is 0 Å². The maximum atomic E-state index is 14.7. The van der Waals surface area contributed by atoms with Crippen LogP contribution in [0.3, 0.4) is 0 Å². The van der Waals surface area contributed by atoms with Crippen molar-refractivity contribution in [2.24, 2.45) is 5.41 Å². The number of likely N-dealkylation sites (tertiary alicyclic amines) is 1. The van der Waals surface area contributed by atoms with E-state index in [0.717, 1.165) is 46.2 Å². The summed E-state index contributed by atoms with van der Waals surface area (Å²) >= 11 is 1.98. The molecule has 8 rings (SSSR count). The van der Waals surface area contributed by atoms with Crippen LogP contribution in [0.5, 0.6) is 0 Å². The highest BCUT2D eigenvalue weighted by molar-refractivity contribution is 7.99. The number of hydrogen-bond acceptors (Lipinski definition) is 6.